The molecular formula is C12H9F2NO. The molecule has 82 valence electrons. The fraction of sp³-hybridized carbons (Fsp3) is 0. The number of aromatic hydroxyl groups is 1. The highest BCUT2D eigenvalue weighted by Crippen LogP contribution is 2.29. The van der Waals surface area contributed by atoms with Crippen LogP contribution in [0, 0.1) is 11.6 Å². The van der Waals surface area contributed by atoms with Crippen molar-refractivity contribution in [2.75, 3.05) is 5.73 Å². The van der Waals surface area contributed by atoms with Gasteiger partial charge in [0.15, 0.2) is 11.6 Å². The number of nitrogens with two attached hydrogens (primary N) is 1. The molecule has 2 rings (SSSR count). The first-order chi connectivity index (χ1) is 7.59. The van der Waals surface area contributed by atoms with E-state index in [1.165, 1.54) is 30.3 Å². The predicted octanol–water partition coefficient (Wildman–Crippen LogP) is 2.92. The third-order valence-electron chi connectivity index (χ3n) is 2.29. The molecule has 0 aromatic heterocycles. The molecule has 0 spiro atoms. The van der Waals surface area contributed by atoms with Gasteiger partial charge >= 0.3 is 0 Å². The van der Waals surface area contributed by atoms with E-state index in [2.05, 4.69) is 0 Å². The largest absolute Gasteiger partial charge is 0.505 e. The average molecular weight is 221 g/mol. The Labute approximate surface area is 91.0 Å². The van der Waals surface area contributed by atoms with Gasteiger partial charge in [0, 0.05) is 5.56 Å². The number of nitrogen functional groups attached to an aromatic ring is 1. The SMILES string of the molecule is Nc1ccc(-c2cccc(O)c2F)cc1F. The predicted molar refractivity (Wildman–Crippen MR) is 57.9 cm³/mol. The van der Waals surface area contributed by atoms with Gasteiger partial charge in [0.25, 0.3) is 0 Å². The van der Waals surface area contributed by atoms with Crippen molar-refractivity contribution in [1.29, 1.82) is 0 Å². The van der Waals surface area contributed by atoms with Crippen LogP contribution in [0.1, 0.15) is 0 Å². The number of halogens is 2. The summed E-state index contributed by atoms with van der Waals surface area (Å²) in [7, 11) is 0. The van der Waals surface area contributed by atoms with Gasteiger partial charge in [0.2, 0.25) is 0 Å². The van der Waals surface area contributed by atoms with Gasteiger partial charge in [-0.15, -0.1) is 0 Å². The van der Waals surface area contributed by atoms with E-state index in [1.807, 2.05) is 0 Å². The molecule has 0 aliphatic carbocycles. The maximum Gasteiger partial charge on any atom is 0.172 e. The number of rotatable bonds is 1. The summed E-state index contributed by atoms with van der Waals surface area (Å²) in [5, 5.41) is 9.19. The standard InChI is InChI=1S/C12H9F2NO/c13-9-6-7(4-5-10(9)15)8-2-1-3-11(16)12(8)14/h1-6,16H,15H2. The van der Waals surface area contributed by atoms with Crippen LogP contribution in [0.25, 0.3) is 11.1 Å². The van der Waals surface area contributed by atoms with Gasteiger partial charge in [-0.3, -0.25) is 0 Å². The van der Waals surface area contributed by atoms with Crippen LogP contribution < -0.4 is 5.73 Å². The van der Waals surface area contributed by atoms with Crippen LogP contribution in [-0.4, -0.2) is 5.11 Å². The Morgan fingerprint density at radius 2 is 1.81 bits per heavy atom. The molecule has 2 nitrogen and oxygen atoms in total. The summed E-state index contributed by atoms with van der Waals surface area (Å²) in [5.41, 5.74) is 5.79. The molecular weight excluding hydrogens is 212 g/mol. The third-order valence-corrected chi connectivity index (χ3v) is 2.29. The number of hydrogen-bond acceptors (Lipinski definition) is 2. The molecule has 0 unspecified atom stereocenters. The van der Waals surface area contributed by atoms with Gasteiger partial charge in [-0.25, -0.2) is 8.78 Å². The second-order valence-corrected chi connectivity index (χ2v) is 3.37. The van der Waals surface area contributed by atoms with Crippen molar-refractivity contribution in [2.45, 2.75) is 0 Å². The van der Waals surface area contributed by atoms with E-state index >= 15 is 0 Å². The van der Waals surface area contributed by atoms with Crippen LogP contribution in [0.15, 0.2) is 36.4 Å². The van der Waals surface area contributed by atoms with Crippen molar-refractivity contribution in [2.24, 2.45) is 0 Å². The number of benzene rings is 2. The Bertz CT molecular complexity index is 541. The fourth-order valence-electron chi connectivity index (χ4n) is 1.44. The Morgan fingerprint density at radius 1 is 1.06 bits per heavy atom. The van der Waals surface area contributed by atoms with Crippen molar-refractivity contribution in [3.05, 3.63) is 48.0 Å². The zero-order valence-corrected chi connectivity index (χ0v) is 8.24. The van der Waals surface area contributed by atoms with Gasteiger partial charge in [0.1, 0.15) is 5.82 Å². The lowest BCUT2D eigenvalue weighted by Crippen LogP contribution is -1.91. The maximum absolute atomic E-state index is 13.5. The summed E-state index contributed by atoms with van der Waals surface area (Å²) in [6.07, 6.45) is 0. The monoisotopic (exact) mass is 221 g/mol. The summed E-state index contributed by atoms with van der Waals surface area (Å²) in [6, 6.07) is 8.16. The van der Waals surface area contributed by atoms with Crippen molar-refractivity contribution < 1.29 is 13.9 Å². The molecule has 0 heterocycles. The van der Waals surface area contributed by atoms with Crippen LogP contribution in [0.2, 0.25) is 0 Å². The minimum atomic E-state index is -0.772. The lowest BCUT2D eigenvalue weighted by Gasteiger charge is -2.05. The second-order valence-electron chi connectivity index (χ2n) is 3.37. The summed E-state index contributed by atoms with van der Waals surface area (Å²) in [6.45, 7) is 0. The summed E-state index contributed by atoms with van der Waals surface area (Å²) >= 11 is 0. The molecule has 0 saturated heterocycles. The number of anilines is 1. The molecule has 0 saturated carbocycles. The average Bonchev–Trinajstić information content (AvgIpc) is 2.26. The lowest BCUT2D eigenvalue weighted by atomic mass is 10.0. The molecule has 2 aromatic carbocycles. The molecule has 0 aliphatic rings. The van der Waals surface area contributed by atoms with Crippen molar-refractivity contribution in [3.8, 4) is 16.9 Å². The summed E-state index contributed by atoms with van der Waals surface area (Å²) in [5.74, 6) is -1.85. The third kappa shape index (κ3) is 1.69. The van der Waals surface area contributed by atoms with Gasteiger partial charge in [-0.05, 0) is 23.8 Å². The van der Waals surface area contributed by atoms with E-state index in [0.29, 0.717) is 5.56 Å². The van der Waals surface area contributed by atoms with Crippen molar-refractivity contribution >= 4 is 5.69 Å². The van der Waals surface area contributed by atoms with E-state index in [4.69, 9.17) is 5.73 Å². The van der Waals surface area contributed by atoms with Crippen LogP contribution >= 0.6 is 0 Å². The quantitative estimate of drug-likeness (QED) is 0.727. The first kappa shape index (κ1) is 10.4. The Kier molecular flexibility index (Phi) is 2.48. The molecule has 3 N–H and O–H groups in total. The minimum Gasteiger partial charge on any atom is -0.505 e. The molecule has 0 bridgehead atoms. The zero-order chi connectivity index (χ0) is 11.7. The number of phenolic OH excluding ortho intramolecular Hbond substituents is 1. The van der Waals surface area contributed by atoms with Gasteiger partial charge in [-0.1, -0.05) is 18.2 Å². The molecule has 0 atom stereocenters. The van der Waals surface area contributed by atoms with E-state index in [9.17, 15) is 13.9 Å². The summed E-state index contributed by atoms with van der Waals surface area (Å²) in [4.78, 5) is 0. The van der Waals surface area contributed by atoms with E-state index in [-0.39, 0.29) is 11.3 Å². The smallest absolute Gasteiger partial charge is 0.172 e. The molecule has 2 aromatic rings. The van der Waals surface area contributed by atoms with E-state index < -0.39 is 17.4 Å². The highest BCUT2D eigenvalue weighted by atomic mass is 19.1. The maximum atomic E-state index is 13.5. The number of hydrogen-bond donors (Lipinski definition) is 2. The minimum absolute atomic E-state index is 0.00399. The molecule has 16 heavy (non-hydrogen) atoms. The van der Waals surface area contributed by atoms with Crippen LogP contribution in [-0.2, 0) is 0 Å². The molecule has 0 radical (unpaired) electrons. The zero-order valence-electron chi connectivity index (χ0n) is 8.24. The van der Waals surface area contributed by atoms with Gasteiger partial charge < -0.3 is 10.8 Å². The first-order valence-electron chi connectivity index (χ1n) is 4.62. The molecule has 0 fully saturated rings. The van der Waals surface area contributed by atoms with Crippen LogP contribution in [0.3, 0.4) is 0 Å². The topological polar surface area (TPSA) is 46.2 Å². The van der Waals surface area contributed by atoms with Gasteiger partial charge in [0.05, 0.1) is 5.69 Å². The second kappa shape index (κ2) is 3.81. The van der Waals surface area contributed by atoms with Crippen molar-refractivity contribution in [1.82, 2.24) is 0 Å². The first-order valence-corrected chi connectivity index (χ1v) is 4.62. The van der Waals surface area contributed by atoms with Gasteiger partial charge in [-0.2, -0.15) is 0 Å². The molecule has 4 heteroatoms. The Morgan fingerprint density at radius 3 is 2.50 bits per heavy atom. The fourth-order valence-corrected chi connectivity index (χ4v) is 1.44. The van der Waals surface area contributed by atoms with Crippen LogP contribution in [0.5, 0.6) is 5.75 Å². The van der Waals surface area contributed by atoms with E-state index in [0.717, 1.165) is 6.07 Å². The summed E-state index contributed by atoms with van der Waals surface area (Å²) < 4.78 is 26.7. The Balaban J connectivity index is 2.59. The lowest BCUT2D eigenvalue weighted by molar-refractivity contribution is 0.433. The molecule has 0 amide bonds. The Hall–Kier alpha value is -2.10. The van der Waals surface area contributed by atoms with E-state index in [1.54, 1.807) is 0 Å². The number of phenols is 1. The highest BCUT2D eigenvalue weighted by molar-refractivity contribution is 5.67. The van der Waals surface area contributed by atoms with Crippen LogP contribution in [0.4, 0.5) is 14.5 Å². The normalized spacial score (nSPS) is 10.4. The van der Waals surface area contributed by atoms with Crippen molar-refractivity contribution in [3.63, 3.8) is 0 Å². The molecule has 0 aliphatic heterocycles. The highest BCUT2D eigenvalue weighted by Gasteiger charge is 2.10.